The van der Waals surface area contributed by atoms with Crippen molar-refractivity contribution in [3.8, 4) is 6.07 Å². The molecular weight excluding hydrogens is 170 g/mol. The second kappa shape index (κ2) is 3.72. The fourth-order valence-electron chi connectivity index (χ4n) is 0.775. The third kappa shape index (κ3) is 2.30. The van der Waals surface area contributed by atoms with Gasteiger partial charge in [0.15, 0.2) is 6.10 Å². The predicted molar refractivity (Wildman–Crippen MR) is 43.8 cm³/mol. The van der Waals surface area contributed by atoms with E-state index < -0.39 is 12.1 Å². The van der Waals surface area contributed by atoms with E-state index in [1.54, 1.807) is 13.0 Å². The van der Waals surface area contributed by atoms with Gasteiger partial charge in [-0.25, -0.2) is 9.78 Å². The highest BCUT2D eigenvalue weighted by molar-refractivity contribution is 5.87. The van der Waals surface area contributed by atoms with Crippen molar-refractivity contribution in [3.63, 3.8) is 0 Å². The minimum absolute atomic E-state index is 0.264. The molecule has 0 saturated heterocycles. The Labute approximate surface area is 75.4 Å². The lowest BCUT2D eigenvalue weighted by atomic mass is 10.4. The zero-order valence-corrected chi connectivity index (χ0v) is 7.37. The molecule has 5 nitrogen and oxygen atoms in total. The fourth-order valence-corrected chi connectivity index (χ4v) is 0.775. The Balaban J connectivity index is 2.65. The van der Waals surface area contributed by atoms with Crippen LogP contribution in [0, 0.1) is 18.3 Å². The summed E-state index contributed by atoms with van der Waals surface area (Å²) < 4.78 is 4.73. The molecule has 13 heavy (non-hydrogen) atoms. The second-order valence-corrected chi connectivity index (χ2v) is 2.56. The van der Waals surface area contributed by atoms with Crippen LogP contribution in [0.3, 0.4) is 0 Å². The third-order valence-electron chi connectivity index (χ3n) is 1.39. The number of carbonyl (C=O) groups is 1. The minimum Gasteiger partial charge on any atom is -0.443 e. The Bertz CT molecular complexity index is 351. The van der Waals surface area contributed by atoms with E-state index in [0.717, 1.165) is 0 Å². The molecule has 1 aromatic heterocycles. The van der Waals surface area contributed by atoms with Crippen LogP contribution >= 0.6 is 0 Å². The van der Waals surface area contributed by atoms with E-state index in [2.05, 4.69) is 9.97 Å². The molecule has 68 valence electrons. The SMILES string of the molecule is Cc1ncc(C(=O)OC(C)C#N)[nH]1. The molecule has 0 aliphatic carbocycles. The number of nitrogens with zero attached hydrogens (tertiary/aromatic N) is 2. The molecule has 1 N–H and O–H groups in total. The number of H-pyrrole nitrogens is 1. The summed E-state index contributed by atoms with van der Waals surface area (Å²) in [6.45, 7) is 3.23. The first kappa shape index (κ1) is 9.26. The van der Waals surface area contributed by atoms with Crippen LogP contribution in [-0.2, 0) is 4.74 Å². The van der Waals surface area contributed by atoms with Crippen LogP contribution in [0.15, 0.2) is 6.20 Å². The van der Waals surface area contributed by atoms with E-state index in [-0.39, 0.29) is 5.69 Å². The van der Waals surface area contributed by atoms with E-state index >= 15 is 0 Å². The number of aromatic amines is 1. The maximum atomic E-state index is 11.2. The molecule has 0 amide bonds. The predicted octanol–water partition coefficient (Wildman–Crippen LogP) is 0.787. The van der Waals surface area contributed by atoms with Crippen molar-refractivity contribution >= 4 is 5.97 Å². The van der Waals surface area contributed by atoms with Crippen molar-refractivity contribution in [1.29, 1.82) is 5.26 Å². The highest BCUT2D eigenvalue weighted by Gasteiger charge is 2.12. The van der Waals surface area contributed by atoms with Gasteiger partial charge in [-0.15, -0.1) is 0 Å². The number of nitriles is 1. The topological polar surface area (TPSA) is 78.8 Å². The molecule has 1 heterocycles. The van der Waals surface area contributed by atoms with Gasteiger partial charge >= 0.3 is 5.97 Å². The molecular formula is C8H9N3O2. The summed E-state index contributed by atoms with van der Waals surface area (Å²) in [6, 6.07) is 1.80. The Hall–Kier alpha value is -1.83. The number of imidazole rings is 1. The molecule has 1 atom stereocenters. The lowest BCUT2D eigenvalue weighted by Crippen LogP contribution is -2.13. The zero-order chi connectivity index (χ0) is 9.84. The summed E-state index contributed by atoms with van der Waals surface area (Å²) in [6.07, 6.45) is 0.637. The van der Waals surface area contributed by atoms with Gasteiger partial charge in [0.2, 0.25) is 0 Å². The molecule has 0 aliphatic rings. The van der Waals surface area contributed by atoms with Gasteiger partial charge < -0.3 is 9.72 Å². The molecule has 0 aliphatic heterocycles. The maximum absolute atomic E-state index is 11.2. The molecule has 0 aromatic carbocycles. The van der Waals surface area contributed by atoms with Crippen molar-refractivity contribution in [2.24, 2.45) is 0 Å². The largest absolute Gasteiger partial charge is 0.443 e. The third-order valence-corrected chi connectivity index (χ3v) is 1.39. The van der Waals surface area contributed by atoms with Gasteiger partial charge in [0.1, 0.15) is 17.6 Å². The monoisotopic (exact) mass is 179 g/mol. The van der Waals surface area contributed by atoms with Gasteiger partial charge in [0.25, 0.3) is 0 Å². The highest BCUT2D eigenvalue weighted by Crippen LogP contribution is 2.00. The van der Waals surface area contributed by atoms with Crippen LogP contribution in [-0.4, -0.2) is 22.0 Å². The van der Waals surface area contributed by atoms with Crippen molar-refractivity contribution in [2.75, 3.05) is 0 Å². The molecule has 1 rings (SSSR count). The molecule has 0 bridgehead atoms. The first-order valence-corrected chi connectivity index (χ1v) is 3.75. The van der Waals surface area contributed by atoms with Crippen molar-refractivity contribution in [1.82, 2.24) is 9.97 Å². The number of aryl methyl sites for hydroxylation is 1. The number of nitrogens with one attached hydrogen (secondary N) is 1. The molecule has 0 radical (unpaired) electrons. The summed E-state index contributed by atoms with van der Waals surface area (Å²) in [5.41, 5.74) is 0.264. The Morgan fingerprint density at radius 1 is 1.85 bits per heavy atom. The number of hydrogen-bond acceptors (Lipinski definition) is 4. The lowest BCUT2D eigenvalue weighted by Gasteiger charge is -2.02. The molecule has 0 saturated carbocycles. The normalized spacial score (nSPS) is 11.8. The van der Waals surface area contributed by atoms with E-state index in [9.17, 15) is 4.79 Å². The number of esters is 1. The summed E-state index contributed by atoms with van der Waals surface area (Å²) in [4.78, 5) is 17.7. The van der Waals surface area contributed by atoms with Crippen LogP contribution in [0.2, 0.25) is 0 Å². The van der Waals surface area contributed by atoms with Crippen LogP contribution < -0.4 is 0 Å². The van der Waals surface area contributed by atoms with Crippen LogP contribution in [0.4, 0.5) is 0 Å². The summed E-state index contributed by atoms with van der Waals surface area (Å²) >= 11 is 0. The number of hydrogen-bond donors (Lipinski definition) is 1. The molecule has 0 fully saturated rings. The standard InChI is InChI=1S/C8H9N3O2/c1-5(3-9)13-8(12)7-4-10-6(2)11-7/h4-5H,1-2H3,(H,10,11). The zero-order valence-electron chi connectivity index (χ0n) is 7.37. The van der Waals surface area contributed by atoms with Gasteiger partial charge in [-0.2, -0.15) is 5.26 Å². The Kier molecular flexibility index (Phi) is 2.65. The Morgan fingerprint density at radius 2 is 2.54 bits per heavy atom. The molecule has 1 aromatic rings. The van der Waals surface area contributed by atoms with E-state index in [4.69, 9.17) is 10.00 Å². The molecule has 5 heteroatoms. The minimum atomic E-state index is -0.740. The molecule has 0 spiro atoms. The van der Waals surface area contributed by atoms with Gasteiger partial charge in [-0.3, -0.25) is 0 Å². The van der Waals surface area contributed by atoms with Crippen molar-refractivity contribution in [3.05, 3.63) is 17.7 Å². The van der Waals surface area contributed by atoms with Gasteiger partial charge in [-0.05, 0) is 13.8 Å². The van der Waals surface area contributed by atoms with E-state index in [0.29, 0.717) is 5.82 Å². The van der Waals surface area contributed by atoms with E-state index in [1.165, 1.54) is 13.1 Å². The summed E-state index contributed by atoms with van der Waals surface area (Å²) in [7, 11) is 0. The fraction of sp³-hybridized carbons (Fsp3) is 0.375. The molecule has 1 unspecified atom stereocenters. The second-order valence-electron chi connectivity index (χ2n) is 2.56. The summed E-state index contributed by atoms with van der Waals surface area (Å²) in [5, 5.41) is 8.38. The van der Waals surface area contributed by atoms with Crippen LogP contribution in [0.5, 0.6) is 0 Å². The van der Waals surface area contributed by atoms with Gasteiger partial charge in [0, 0.05) is 0 Å². The average Bonchev–Trinajstić information content (AvgIpc) is 2.51. The number of aromatic nitrogens is 2. The number of rotatable bonds is 2. The maximum Gasteiger partial charge on any atom is 0.357 e. The first-order valence-electron chi connectivity index (χ1n) is 3.75. The van der Waals surface area contributed by atoms with Crippen LogP contribution in [0.1, 0.15) is 23.2 Å². The number of carbonyl (C=O) groups excluding carboxylic acids is 1. The number of ether oxygens (including phenoxy) is 1. The Morgan fingerprint density at radius 3 is 3.00 bits per heavy atom. The quantitative estimate of drug-likeness (QED) is 0.680. The lowest BCUT2D eigenvalue weighted by molar-refractivity contribution is 0.0429. The van der Waals surface area contributed by atoms with Crippen molar-refractivity contribution < 1.29 is 9.53 Å². The van der Waals surface area contributed by atoms with Gasteiger partial charge in [0.05, 0.1) is 6.20 Å². The average molecular weight is 179 g/mol. The van der Waals surface area contributed by atoms with Gasteiger partial charge in [-0.1, -0.05) is 0 Å². The smallest absolute Gasteiger partial charge is 0.357 e. The highest BCUT2D eigenvalue weighted by atomic mass is 16.5. The van der Waals surface area contributed by atoms with Crippen LogP contribution in [0.25, 0.3) is 0 Å². The first-order chi connectivity index (χ1) is 6.13. The van der Waals surface area contributed by atoms with Crippen molar-refractivity contribution in [2.45, 2.75) is 20.0 Å². The van der Waals surface area contributed by atoms with E-state index in [1.807, 2.05) is 0 Å². The summed E-state index contributed by atoms with van der Waals surface area (Å²) in [5.74, 6) is 0.0752.